The van der Waals surface area contributed by atoms with Crippen LogP contribution < -0.4 is 16.4 Å². The topological polar surface area (TPSA) is 78.6 Å². The Hall–Kier alpha value is -2.34. The fourth-order valence-corrected chi connectivity index (χ4v) is 2.38. The predicted octanol–water partition coefficient (Wildman–Crippen LogP) is 0.807. The predicted molar refractivity (Wildman–Crippen MR) is 90.0 cm³/mol. The van der Waals surface area contributed by atoms with Crippen molar-refractivity contribution in [2.45, 2.75) is 19.0 Å². The van der Waals surface area contributed by atoms with Crippen LogP contribution in [-0.4, -0.2) is 41.9 Å². The number of hydrogen-bond acceptors (Lipinski definition) is 5. The largest absolute Gasteiger partial charge is 0.404 e. The Labute approximate surface area is 131 Å². The van der Waals surface area contributed by atoms with Gasteiger partial charge in [-0.25, -0.2) is 4.99 Å². The molecule has 1 saturated heterocycles. The molecule has 0 unspecified atom stereocenters. The second kappa shape index (κ2) is 8.19. The second-order valence-electron chi connectivity index (χ2n) is 5.17. The number of hydrogen-bond donors (Lipinski definition) is 3. The number of likely N-dealkylation sites (N-methyl/N-ethyl adjacent to an activating group) is 1. The molecule has 0 spiro atoms. The SMILES string of the molecule is C=C(/N=C(\C=C/N)N1CC[C@H](NC)C1)NCc1ccccn1. The van der Waals surface area contributed by atoms with Crippen LogP contribution in [0.15, 0.2) is 54.1 Å². The molecule has 1 aliphatic heterocycles. The molecule has 6 heteroatoms. The van der Waals surface area contributed by atoms with E-state index in [2.05, 4.69) is 32.1 Å². The van der Waals surface area contributed by atoms with E-state index in [1.165, 1.54) is 6.20 Å². The molecule has 2 heterocycles. The van der Waals surface area contributed by atoms with Gasteiger partial charge in [-0.05, 0) is 37.9 Å². The van der Waals surface area contributed by atoms with E-state index in [-0.39, 0.29) is 0 Å². The zero-order valence-electron chi connectivity index (χ0n) is 13.0. The Morgan fingerprint density at radius 3 is 3.09 bits per heavy atom. The number of nitrogens with two attached hydrogens (primary N) is 1. The molecule has 0 saturated carbocycles. The Morgan fingerprint density at radius 2 is 2.45 bits per heavy atom. The van der Waals surface area contributed by atoms with Crippen LogP contribution in [0.5, 0.6) is 0 Å². The number of aliphatic imine (C=N–C) groups is 1. The lowest BCUT2D eigenvalue weighted by molar-refractivity contribution is 0.494. The highest BCUT2D eigenvalue weighted by Gasteiger charge is 2.22. The van der Waals surface area contributed by atoms with Gasteiger partial charge in [0.05, 0.1) is 12.2 Å². The molecule has 1 aromatic rings. The zero-order chi connectivity index (χ0) is 15.8. The molecule has 0 aromatic carbocycles. The van der Waals surface area contributed by atoms with Crippen LogP contribution in [0.2, 0.25) is 0 Å². The first-order chi connectivity index (χ1) is 10.7. The fourth-order valence-electron chi connectivity index (χ4n) is 2.38. The number of pyridine rings is 1. The molecule has 1 fully saturated rings. The Kier molecular flexibility index (Phi) is 5.97. The van der Waals surface area contributed by atoms with Gasteiger partial charge in [0.2, 0.25) is 0 Å². The van der Waals surface area contributed by atoms with Crippen LogP contribution in [0.1, 0.15) is 12.1 Å². The van der Waals surface area contributed by atoms with Gasteiger partial charge in [0.15, 0.2) is 0 Å². The average Bonchev–Trinajstić information content (AvgIpc) is 3.02. The third-order valence-electron chi connectivity index (χ3n) is 3.62. The molecule has 1 atom stereocenters. The molecule has 4 N–H and O–H groups in total. The summed E-state index contributed by atoms with van der Waals surface area (Å²) < 4.78 is 0. The second-order valence-corrected chi connectivity index (χ2v) is 5.17. The van der Waals surface area contributed by atoms with E-state index in [4.69, 9.17) is 5.73 Å². The van der Waals surface area contributed by atoms with Crippen LogP contribution in [0.3, 0.4) is 0 Å². The van der Waals surface area contributed by atoms with Gasteiger partial charge in [0, 0.05) is 25.3 Å². The summed E-state index contributed by atoms with van der Waals surface area (Å²) in [6, 6.07) is 6.31. The molecule has 0 amide bonds. The number of likely N-dealkylation sites (tertiary alicyclic amines) is 1. The summed E-state index contributed by atoms with van der Waals surface area (Å²) in [6.45, 7) is 6.44. The highest BCUT2D eigenvalue weighted by molar-refractivity contribution is 5.93. The standard InChI is InChI=1S/C16H24N6/c1-13(20-11-14-5-3-4-9-19-14)21-16(6-8-17)22-10-7-15(12-22)18-2/h3-6,8-9,15,18,20H,1,7,10-12,17H2,2H3/b8-6-,21-16+/t15-/m0/s1. The van der Waals surface area contributed by atoms with E-state index in [9.17, 15) is 0 Å². The van der Waals surface area contributed by atoms with E-state index in [1.54, 1.807) is 6.20 Å². The summed E-state index contributed by atoms with van der Waals surface area (Å²) in [6.07, 6.45) is 6.19. The molecular weight excluding hydrogens is 276 g/mol. The summed E-state index contributed by atoms with van der Waals surface area (Å²) >= 11 is 0. The van der Waals surface area contributed by atoms with Gasteiger partial charge in [0.1, 0.15) is 11.7 Å². The van der Waals surface area contributed by atoms with Gasteiger partial charge < -0.3 is 21.3 Å². The molecule has 1 aliphatic rings. The maximum Gasteiger partial charge on any atom is 0.132 e. The molecule has 118 valence electrons. The van der Waals surface area contributed by atoms with Gasteiger partial charge >= 0.3 is 0 Å². The average molecular weight is 300 g/mol. The maximum absolute atomic E-state index is 5.54. The first-order valence-corrected chi connectivity index (χ1v) is 7.44. The summed E-state index contributed by atoms with van der Waals surface area (Å²) in [5.74, 6) is 1.44. The van der Waals surface area contributed by atoms with Crippen molar-refractivity contribution in [1.29, 1.82) is 0 Å². The van der Waals surface area contributed by atoms with Crippen LogP contribution in [-0.2, 0) is 6.54 Å². The quantitative estimate of drug-likeness (QED) is 0.535. The van der Waals surface area contributed by atoms with Crippen LogP contribution in [0.25, 0.3) is 0 Å². The van der Waals surface area contributed by atoms with Gasteiger partial charge in [-0.15, -0.1) is 0 Å². The number of amidine groups is 1. The van der Waals surface area contributed by atoms with Crippen molar-refractivity contribution in [3.63, 3.8) is 0 Å². The highest BCUT2D eigenvalue weighted by atomic mass is 15.2. The van der Waals surface area contributed by atoms with Crippen molar-refractivity contribution in [2.24, 2.45) is 10.7 Å². The summed E-state index contributed by atoms with van der Waals surface area (Å²) in [5.41, 5.74) is 6.49. The first-order valence-electron chi connectivity index (χ1n) is 7.44. The van der Waals surface area contributed by atoms with Crippen molar-refractivity contribution in [2.75, 3.05) is 20.1 Å². The number of rotatable bonds is 6. The minimum Gasteiger partial charge on any atom is -0.404 e. The number of nitrogens with zero attached hydrogens (tertiary/aromatic N) is 3. The minimum atomic E-state index is 0.492. The van der Waals surface area contributed by atoms with Crippen LogP contribution in [0, 0.1) is 0 Å². The van der Waals surface area contributed by atoms with Gasteiger partial charge in [0.25, 0.3) is 0 Å². The van der Waals surface area contributed by atoms with Crippen molar-refractivity contribution in [3.8, 4) is 0 Å². The van der Waals surface area contributed by atoms with Crippen molar-refractivity contribution in [1.82, 2.24) is 20.5 Å². The molecule has 0 bridgehead atoms. The smallest absolute Gasteiger partial charge is 0.132 e. The zero-order valence-corrected chi connectivity index (χ0v) is 13.0. The van der Waals surface area contributed by atoms with E-state index in [0.717, 1.165) is 31.0 Å². The van der Waals surface area contributed by atoms with Crippen molar-refractivity contribution in [3.05, 3.63) is 54.8 Å². The van der Waals surface area contributed by atoms with E-state index < -0.39 is 0 Å². The fraction of sp³-hybridized carbons (Fsp3) is 0.375. The number of nitrogens with one attached hydrogen (secondary N) is 2. The molecular formula is C16H24N6. The molecule has 0 radical (unpaired) electrons. The lowest BCUT2D eigenvalue weighted by Gasteiger charge is -2.19. The molecule has 0 aliphatic carbocycles. The Morgan fingerprint density at radius 1 is 1.59 bits per heavy atom. The third kappa shape index (κ3) is 4.60. The third-order valence-corrected chi connectivity index (χ3v) is 3.62. The molecule has 22 heavy (non-hydrogen) atoms. The monoisotopic (exact) mass is 300 g/mol. The first kappa shape index (κ1) is 16.0. The molecule has 6 nitrogen and oxygen atoms in total. The van der Waals surface area contributed by atoms with Crippen LogP contribution >= 0.6 is 0 Å². The number of aromatic nitrogens is 1. The van der Waals surface area contributed by atoms with Crippen molar-refractivity contribution >= 4 is 5.84 Å². The van der Waals surface area contributed by atoms with Crippen molar-refractivity contribution < 1.29 is 0 Å². The summed E-state index contributed by atoms with van der Waals surface area (Å²) in [5, 5.41) is 6.47. The van der Waals surface area contributed by atoms with Gasteiger partial charge in [-0.1, -0.05) is 12.6 Å². The van der Waals surface area contributed by atoms with Crippen LogP contribution in [0.4, 0.5) is 0 Å². The normalized spacial score (nSPS) is 18.9. The lowest BCUT2D eigenvalue weighted by atomic mass is 10.3. The minimum absolute atomic E-state index is 0.492. The lowest BCUT2D eigenvalue weighted by Crippen LogP contribution is -2.33. The van der Waals surface area contributed by atoms with E-state index in [1.807, 2.05) is 31.3 Å². The van der Waals surface area contributed by atoms with E-state index in [0.29, 0.717) is 18.4 Å². The summed E-state index contributed by atoms with van der Waals surface area (Å²) in [4.78, 5) is 11.0. The summed E-state index contributed by atoms with van der Waals surface area (Å²) in [7, 11) is 1.98. The Bertz CT molecular complexity index is 537. The van der Waals surface area contributed by atoms with Gasteiger partial charge in [-0.3, -0.25) is 4.98 Å². The van der Waals surface area contributed by atoms with Gasteiger partial charge in [-0.2, -0.15) is 0 Å². The Balaban J connectivity index is 1.95. The molecule has 2 rings (SSSR count). The molecule has 1 aromatic heterocycles. The van der Waals surface area contributed by atoms with E-state index >= 15 is 0 Å². The maximum atomic E-state index is 5.54. The highest BCUT2D eigenvalue weighted by Crippen LogP contribution is 2.11.